The van der Waals surface area contributed by atoms with Gasteiger partial charge in [0.25, 0.3) is 0 Å². The van der Waals surface area contributed by atoms with Crippen molar-refractivity contribution in [3.05, 3.63) is 144 Å². The number of rotatable bonds is 17. The van der Waals surface area contributed by atoms with Gasteiger partial charge in [-0.2, -0.15) is 0 Å². The molecule has 7 unspecified atom stereocenters. The SMILES string of the molecule is COC(O)C1O[C@H](OCC2O[C@H](O)C(OCc3ccccc3)C(O)[C@@H]2OCc2ccccc2)C(OCc2ccccc2)C(O)[C@@H]1OCc1ccccc1. The maximum absolute atomic E-state index is 11.8. The molecule has 2 heterocycles. The molecule has 0 amide bonds. The highest BCUT2D eigenvalue weighted by Crippen LogP contribution is 2.32. The third-order valence-corrected chi connectivity index (χ3v) is 9.28. The number of aliphatic hydroxyl groups is 4. The Morgan fingerprint density at radius 1 is 0.509 bits per heavy atom. The highest BCUT2D eigenvalue weighted by Gasteiger charge is 2.52. The lowest BCUT2D eigenvalue weighted by atomic mass is 9.97. The number of benzene rings is 4. The van der Waals surface area contributed by atoms with Gasteiger partial charge in [-0.1, -0.05) is 121 Å². The van der Waals surface area contributed by atoms with Crippen molar-refractivity contribution in [1.29, 1.82) is 0 Å². The fourth-order valence-corrected chi connectivity index (χ4v) is 6.41. The first-order valence-corrected chi connectivity index (χ1v) is 17.7. The predicted octanol–water partition coefficient (Wildman–Crippen LogP) is 3.47. The van der Waals surface area contributed by atoms with E-state index in [0.29, 0.717) is 0 Å². The molecule has 12 nitrogen and oxygen atoms in total. The lowest BCUT2D eigenvalue weighted by molar-refractivity contribution is -0.357. The Labute approximate surface area is 309 Å². The van der Waals surface area contributed by atoms with Crippen molar-refractivity contribution >= 4 is 0 Å². The molecular formula is C41H48O12. The van der Waals surface area contributed by atoms with Gasteiger partial charge >= 0.3 is 0 Å². The summed E-state index contributed by atoms with van der Waals surface area (Å²) in [5.74, 6) is 0. The maximum atomic E-state index is 11.8. The zero-order valence-electron chi connectivity index (χ0n) is 29.5. The molecule has 0 saturated carbocycles. The van der Waals surface area contributed by atoms with Gasteiger partial charge in [-0.25, -0.2) is 0 Å². The van der Waals surface area contributed by atoms with Crippen molar-refractivity contribution in [3.8, 4) is 0 Å². The fourth-order valence-electron chi connectivity index (χ4n) is 6.41. The predicted molar refractivity (Wildman–Crippen MR) is 191 cm³/mol. The quantitative estimate of drug-likeness (QED) is 0.118. The van der Waals surface area contributed by atoms with Crippen molar-refractivity contribution in [1.82, 2.24) is 0 Å². The van der Waals surface area contributed by atoms with E-state index in [4.69, 9.17) is 37.9 Å². The zero-order chi connectivity index (χ0) is 37.0. The Balaban J connectivity index is 1.20. The molecule has 0 bridgehead atoms. The number of ether oxygens (including phenoxy) is 8. The lowest BCUT2D eigenvalue weighted by Gasteiger charge is -2.46. The molecule has 6 rings (SSSR count). The van der Waals surface area contributed by atoms with E-state index in [-0.39, 0.29) is 33.0 Å². The first kappa shape index (κ1) is 39.1. The summed E-state index contributed by atoms with van der Waals surface area (Å²) < 4.78 is 48.4. The molecule has 11 atom stereocenters. The molecule has 0 radical (unpaired) electrons. The van der Waals surface area contributed by atoms with E-state index in [9.17, 15) is 20.4 Å². The second kappa shape index (κ2) is 19.6. The number of hydrogen-bond acceptors (Lipinski definition) is 12. The Hall–Kier alpha value is -3.60. The number of hydrogen-bond donors (Lipinski definition) is 4. The molecule has 2 fully saturated rings. The Kier molecular flexibility index (Phi) is 14.5. The standard InChI is InChI=1S/C41H48O12/c1-46-39(44)38-35(48-23-28-16-8-3-9-17-28)33(43)37(50-25-30-20-12-5-13-21-30)41(53-38)51-26-31-34(47-22-27-14-6-2-7-15-27)32(42)36(40(45)52-31)49-24-29-18-10-4-11-19-29/h2-21,31-45H,22-26H2,1H3/t31?,32?,33?,34-,35+,36?,37?,38?,39?,40+,41+/m1/s1. The van der Waals surface area contributed by atoms with E-state index in [2.05, 4.69) is 0 Å². The molecule has 0 aromatic heterocycles. The maximum Gasteiger partial charge on any atom is 0.187 e. The van der Waals surface area contributed by atoms with Crippen molar-refractivity contribution in [3.63, 3.8) is 0 Å². The summed E-state index contributed by atoms with van der Waals surface area (Å²) in [6, 6.07) is 37.6. The second-order valence-electron chi connectivity index (χ2n) is 13.0. The van der Waals surface area contributed by atoms with Crippen LogP contribution < -0.4 is 0 Å². The van der Waals surface area contributed by atoms with Gasteiger partial charge in [-0.05, 0) is 22.3 Å². The highest BCUT2D eigenvalue weighted by atomic mass is 16.7. The van der Waals surface area contributed by atoms with Crippen molar-refractivity contribution < 1.29 is 58.3 Å². The number of aliphatic hydroxyl groups excluding tert-OH is 4. The smallest absolute Gasteiger partial charge is 0.187 e. The highest BCUT2D eigenvalue weighted by molar-refractivity contribution is 5.16. The summed E-state index contributed by atoms with van der Waals surface area (Å²) in [5.41, 5.74) is 3.41. The fraction of sp³-hybridized carbons (Fsp3) is 0.415. The van der Waals surface area contributed by atoms with E-state index < -0.39 is 67.7 Å². The molecular weight excluding hydrogens is 684 g/mol. The summed E-state index contributed by atoms with van der Waals surface area (Å²) in [6.07, 6.45) is -13.5. The van der Waals surface area contributed by atoms with Crippen LogP contribution in [0.25, 0.3) is 0 Å². The minimum Gasteiger partial charge on any atom is -0.387 e. The molecule has 53 heavy (non-hydrogen) atoms. The van der Waals surface area contributed by atoms with Crippen LogP contribution in [0, 0.1) is 0 Å². The summed E-state index contributed by atoms with van der Waals surface area (Å²) in [6.45, 7) is 0.214. The van der Waals surface area contributed by atoms with E-state index in [1.807, 2.05) is 121 Å². The van der Waals surface area contributed by atoms with Crippen LogP contribution in [-0.4, -0.2) is 102 Å². The molecule has 12 heteroatoms. The first-order valence-electron chi connectivity index (χ1n) is 17.7. The Morgan fingerprint density at radius 3 is 1.36 bits per heavy atom. The van der Waals surface area contributed by atoms with Gasteiger partial charge in [-0.15, -0.1) is 0 Å². The van der Waals surface area contributed by atoms with Crippen molar-refractivity contribution in [2.45, 2.75) is 94.1 Å². The largest absolute Gasteiger partial charge is 0.387 e. The van der Waals surface area contributed by atoms with Crippen LogP contribution in [0.4, 0.5) is 0 Å². The molecule has 0 spiro atoms. The van der Waals surface area contributed by atoms with Gasteiger partial charge in [0, 0.05) is 7.11 Å². The molecule has 2 saturated heterocycles. The Bertz CT molecular complexity index is 1600. The van der Waals surface area contributed by atoms with Crippen LogP contribution in [0.5, 0.6) is 0 Å². The van der Waals surface area contributed by atoms with Gasteiger partial charge < -0.3 is 58.3 Å². The van der Waals surface area contributed by atoms with Crippen LogP contribution in [0.3, 0.4) is 0 Å². The minimum absolute atomic E-state index is 0.106. The summed E-state index contributed by atoms with van der Waals surface area (Å²) in [7, 11) is 1.31. The van der Waals surface area contributed by atoms with Crippen LogP contribution in [0.1, 0.15) is 22.3 Å². The van der Waals surface area contributed by atoms with Gasteiger partial charge in [0.1, 0.15) is 48.8 Å². The van der Waals surface area contributed by atoms with E-state index in [0.717, 1.165) is 22.3 Å². The van der Waals surface area contributed by atoms with E-state index in [1.165, 1.54) is 7.11 Å². The van der Waals surface area contributed by atoms with Crippen molar-refractivity contribution in [2.24, 2.45) is 0 Å². The topological polar surface area (TPSA) is 155 Å². The number of methoxy groups -OCH3 is 1. The third kappa shape index (κ3) is 10.5. The monoisotopic (exact) mass is 732 g/mol. The summed E-state index contributed by atoms with van der Waals surface area (Å²) in [4.78, 5) is 0. The van der Waals surface area contributed by atoms with Gasteiger partial charge in [0.05, 0.1) is 33.0 Å². The normalized spacial score (nSPS) is 29.5. The average molecular weight is 733 g/mol. The third-order valence-electron chi connectivity index (χ3n) is 9.28. The molecule has 0 aliphatic carbocycles. The molecule has 2 aliphatic heterocycles. The first-order chi connectivity index (χ1) is 25.9. The van der Waals surface area contributed by atoms with Gasteiger partial charge in [0.2, 0.25) is 0 Å². The zero-order valence-corrected chi connectivity index (χ0v) is 29.5. The molecule has 2 aliphatic rings. The van der Waals surface area contributed by atoms with E-state index in [1.54, 1.807) is 0 Å². The Morgan fingerprint density at radius 2 is 0.906 bits per heavy atom. The van der Waals surface area contributed by atoms with Crippen LogP contribution in [0.15, 0.2) is 121 Å². The van der Waals surface area contributed by atoms with Gasteiger partial charge in [0.15, 0.2) is 18.9 Å². The molecule has 4 N–H and O–H groups in total. The summed E-state index contributed by atoms with van der Waals surface area (Å²) in [5, 5.41) is 45.4. The molecule has 284 valence electrons. The van der Waals surface area contributed by atoms with Crippen LogP contribution in [-0.2, 0) is 64.3 Å². The molecule has 4 aromatic rings. The van der Waals surface area contributed by atoms with Crippen LogP contribution >= 0.6 is 0 Å². The van der Waals surface area contributed by atoms with Crippen LogP contribution in [0.2, 0.25) is 0 Å². The van der Waals surface area contributed by atoms with Crippen molar-refractivity contribution in [2.75, 3.05) is 13.7 Å². The minimum atomic E-state index is -1.53. The van der Waals surface area contributed by atoms with E-state index >= 15 is 0 Å². The lowest BCUT2D eigenvalue weighted by Crippen LogP contribution is -2.64. The average Bonchev–Trinajstić information content (AvgIpc) is 3.20. The van der Waals surface area contributed by atoms with Gasteiger partial charge in [-0.3, -0.25) is 0 Å². The second-order valence-corrected chi connectivity index (χ2v) is 13.0. The summed E-state index contributed by atoms with van der Waals surface area (Å²) >= 11 is 0. The molecule has 4 aromatic carbocycles.